The Kier molecular flexibility index (Phi) is 5.71. The molecule has 0 unspecified atom stereocenters. The summed E-state index contributed by atoms with van der Waals surface area (Å²) in [6, 6.07) is 14.8. The zero-order valence-corrected chi connectivity index (χ0v) is 17.6. The van der Waals surface area contributed by atoms with E-state index in [0.29, 0.717) is 12.5 Å². The van der Waals surface area contributed by atoms with Crippen LogP contribution in [0.5, 0.6) is 0 Å². The van der Waals surface area contributed by atoms with Crippen molar-refractivity contribution in [2.45, 2.75) is 32.9 Å². The Morgan fingerprint density at radius 3 is 2.64 bits per heavy atom. The quantitative estimate of drug-likeness (QED) is 0.472. The van der Waals surface area contributed by atoms with E-state index in [9.17, 15) is 4.79 Å². The molecule has 1 atom stereocenters. The molecule has 0 aliphatic rings. The largest absolute Gasteiger partial charge is 0.300 e. The molecule has 4 aromatic rings. The van der Waals surface area contributed by atoms with Crippen molar-refractivity contribution in [1.29, 1.82) is 0 Å². The number of rotatable bonds is 7. The number of nitrogens with zero attached hydrogens (tertiary/aromatic N) is 2. The number of thiophene rings is 1. The number of thiazole rings is 1. The molecular weight excluding hydrogens is 386 g/mol. The fraction of sp³-hybridized carbons (Fsp3) is 0.273. The van der Waals surface area contributed by atoms with Crippen molar-refractivity contribution >= 4 is 27.6 Å². The lowest BCUT2D eigenvalue weighted by Crippen LogP contribution is -2.23. The smallest absolute Gasteiger partial charge is 0.258 e. The van der Waals surface area contributed by atoms with Crippen molar-refractivity contribution in [3.05, 3.63) is 91.5 Å². The van der Waals surface area contributed by atoms with Crippen LogP contribution in [-0.4, -0.2) is 9.38 Å². The summed E-state index contributed by atoms with van der Waals surface area (Å²) in [5.74, 6) is 0.648. The summed E-state index contributed by atoms with van der Waals surface area (Å²) in [5.41, 5.74) is 3.32. The minimum atomic E-state index is -0.0336. The average Bonchev–Trinajstić information content (AvgIpc) is 3.35. The highest BCUT2D eigenvalue weighted by molar-refractivity contribution is 7.15. The van der Waals surface area contributed by atoms with Crippen LogP contribution in [0.15, 0.2) is 64.2 Å². The molecule has 0 aliphatic heterocycles. The second-order valence-electron chi connectivity index (χ2n) is 7.31. The third-order valence-electron chi connectivity index (χ3n) is 4.63. The number of nitrogens with one attached hydrogen (secondary N) is 1. The molecule has 0 aliphatic carbocycles. The van der Waals surface area contributed by atoms with Gasteiger partial charge in [-0.25, -0.2) is 4.98 Å². The van der Waals surface area contributed by atoms with Crippen molar-refractivity contribution in [3.63, 3.8) is 0 Å². The monoisotopic (exact) mass is 409 g/mol. The predicted molar refractivity (Wildman–Crippen MR) is 117 cm³/mol. The average molecular weight is 410 g/mol. The van der Waals surface area contributed by atoms with Crippen molar-refractivity contribution < 1.29 is 0 Å². The van der Waals surface area contributed by atoms with Crippen molar-refractivity contribution in [3.8, 4) is 0 Å². The van der Waals surface area contributed by atoms with Gasteiger partial charge in [0.25, 0.3) is 5.56 Å². The predicted octanol–water partition coefficient (Wildman–Crippen LogP) is 4.90. The maximum Gasteiger partial charge on any atom is 0.258 e. The Morgan fingerprint density at radius 2 is 1.93 bits per heavy atom. The molecule has 1 N–H and O–H groups in total. The summed E-state index contributed by atoms with van der Waals surface area (Å²) in [6.45, 7) is 5.02. The molecule has 6 heteroatoms. The number of fused-ring (bicyclic) bond motifs is 1. The van der Waals surface area contributed by atoms with E-state index >= 15 is 0 Å². The molecule has 4 nitrogen and oxygen atoms in total. The first-order chi connectivity index (χ1) is 13.6. The Morgan fingerprint density at radius 1 is 1.11 bits per heavy atom. The topological polar surface area (TPSA) is 46.4 Å². The van der Waals surface area contributed by atoms with Crippen LogP contribution in [0.4, 0.5) is 0 Å². The van der Waals surface area contributed by atoms with Gasteiger partial charge >= 0.3 is 0 Å². The molecule has 0 fully saturated rings. The van der Waals surface area contributed by atoms with Crippen molar-refractivity contribution in [2.24, 2.45) is 5.92 Å². The zero-order chi connectivity index (χ0) is 19.5. The van der Waals surface area contributed by atoms with Crippen LogP contribution < -0.4 is 10.9 Å². The fourth-order valence-corrected chi connectivity index (χ4v) is 4.91. The van der Waals surface area contributed by atoms with Gasteiger partial charge in [0, 0.05) is 29.1 Å². The van der Waals surface area contributed by atoms with Crippen LogP contribution in [0.3, 0.4) is 0 Å². The SMILES string of the molecule is CC(C)Cc1ccc([C@@H](NCc2cc(=O)n3ccsc3n2)c2cccs2)cc1. The van der Waals surface area contributed by atoms with E-state index in [2.05, 4.69) is 65.9 Å². The maximum absolute atomic E-state index is 12.2. The third kappa shape index (κ3) is 4.24. The van der Waals surface area contributed by atoms with E-state index in [0.717, 1.165) is 17.1 Å². The first kappa shape index (κ1) is 19.1. The lowest BCUT2D eigenvalue weighted by atomic mass is 9.99. The lowest BCUT2D eigenvalue weighted by Gasteiger charge is -2.18. The van der Waals surface area contributed by atoms with Crippen LogP contribution >= 0.6 is 22.7 Å². The highest BCUT2D eigenvalue weighted by atomic mass is 32.1. The van der Waals surface area contributed by atoms with Crippen molar-refractivity contribution in [1.82, 2.24) is 14.7 Å². The fourth-order valence-electron chi connectivity index (χ4n) is 3.34. The van der Waals surface area contributed by atoms with Crippen LogP contribution in [0, 0.1) is 5.92 Å². The number of hydrogen-bond donors (Lipinski definition) is 1. The molecule has 4 rings (SSSR count). The molecule has 0 spiro atoms. The Hall–Kier alpha value is -2.28. The van der Waals surface area contributed by atoms with E-state index in [-0.39, 0.29) is 11.6 Å². The number of hydrogen-bond acceptors (Lipinski definition) is 5. The number of benzene rings is 1. The molecule has 0 saturated heterocycles. The Labute approximate surface area is 172 Å². The molecule has 0 saturated carbocycles. The van der Waals surface area contributed by atoms with Gasteiger partial charge < -0.3 is 0 Å². The van der Waals surface area contributed by atoms with E-state index in [1.165, 1.54) is 27.3 Å². The molecular formula is C22H23N3OS2. The summed E-state index contributed by atoms with van der Waals surface area (Å²) >= 11 is 3.21. The number of aromatic nitrogens is 2. The summed E-state index contributed by atoms with van der Waals surface area (Å²) in [6.07, 6.45) is 2.85. The van der Waals surface area contributed by atoms with Crippen LogP contribution in [0.2, 0.25) is 0 Å². The van der Waals surface area contributed by atoms with Crippen LogP contribution in [0.25, 0.3) is 4.96 Å². The molecule has 3 aromatic heterocycles. The first-order valence-corrected chi connectivity index (χ1v) is 11.2. The van der Waals surface area contributed by atoms with Gasteiger partial charge in [0.05, 0.1) is 11.7 Å². The van der Waals surface area contributed by atoms with Gasteiger partial charge in [-0.2, -0.15) is 0 Å². The van der Waals surface area contributed by atoms with Gasteiger partial charge in [-0.3, -0.25) is 14.5 Å². The van der Waals surface area contributed by atoms with Gasteiger partial charge in [0.15, 0.2) is 4.96 Å². The molecule has 144 valence electrons. The zero-order valence-electron chi connectivity index (χ0n) is 16.0. The van der Waals surface area contributed by atoms with Crippen molar-refractivity contribution in [2.75, 3.05) is 0 Å². The highest BCUT2D eigenvalue weighted by Crippen LogP contribution is 2.27. The molecule has 3 heterocycles. The van der Waals surface area contributed by atoms with Crippen LogP contribution in [0.1, 0.15) is 41.6 Å². The van der Waals surface area contributed by atoms with Gasteiger partial charge in [-0.05, 0) is 34.9 Å². The molecule has 0 radical (unpaired) electrons. The van der Waals surface area contributed by atoms with E-state index in [1.54, 1.807) is 28.0 Å². The van der Waals surface area contributed by atoms with Gasteiger partial charge in [0.2, 0.25) is 0 Å². The van der Waals surface area contributed by atoms with Crippen LogP contribution in [-0.2, 0) is 13.0 Å². The van der Waals surface area contributed by atoms with E-state index in [4.69, 9.17) is 0 Å². The van der Waals surface area contributed by atoms with Gasteiger partial charge in [0.1, 0.15) is 0 Å². The van der Waals surface area contributed by atoms with E-state index < -0.39 is 0 Å². The summed E-state index contributed by atoms with van der Waals surface area (Å²) in [7, 11) is 0. The highest BCUT2D eigenvalue weighted by Gasteiger charge is 2.16. The standard InChI is InChI=1S/C22H23N3OS2/c1-15(2)12-16-5-7-17(8-6-16)21(19-4-3-10-27-19)23-14-18-13-20(26)25-9-11-28-22(25)24-18/h3-11,13,15,21,23H,12,14H2,1-2H3/t21-/m1/s1. The summed E-state index contributed by atoms with van der Waals surface area (Å²) in [4.78, 5) is 18.8. The summed E-state index contributed by atoms with van der Waals surface area (Å²) < 4.78 is 1.58. The third-order valence-corrected chi connectivity index (χ3v) is 6.32. The Balaban J connectivity index is 1.57. The molecule has 28 heavy (non-hydrogen) atoms. The van der Waals surface area contributed by atoms with Gasteiger partial charge in [-0.15, -0.1) is 22.7 Å². The molecule has 0 amide bonds. The first-order valence-electron chi connectivity index (χ1n) is 9.41. The van der Waals surface area contributed by atoms with E-state index in [1.807, 2.05) is 5.38 Å². The Bertz CT molecular complexity index is 1090. The second kappa shape index (κ2) is 8.39. The minimum Gasteiger partial charge on any atom is -0.300 e. The summed E-state index contributed by atoms with van der Waals surface area (Å²) in [5, 5.41) is 7.58. The minimum absolute atomic E-state index is 0.0336. The normalized spacial score (nSPS) is 12.7. The molecule has 0 bridgehead atoms. The molecule has 1 aromatic carbocycles. The second-order valence-corrected chi connectivity index (χ2v) is 9.16. The lowest BCUT2D eigenvalue weighted by molar-refractivity contribution is 0.603. The maximum atomic E-state index is 12.2. The van der Waals surface area contributed by atoms with Gasteiger partial charge in [-0.1, -0.05) is 44.2 Å².